The Morgan fingerprint density at radius 3 is 2.68 bits per heavy atom. The zero-order chi connectivity index (χ0) is 14.0. The summed E-state index contributed by atoms with van der Waals surface area (Å²) in [7, 11) is 0. The minimum Gasteiger partial charge on any atom is -0.331 e. The van der Waals surface area contributed by atoms with Gasteiger partial charge in [-0.05, 0) is 50.4 Å². The fraction of sp³-hybridized carbons (Fsp3) is 0.500. The summed E-state index contributed by atoms with van der Waals surface area (Å²) in [4.78, 5) is 5.70. The van der Waals surface area contributed by atoms with Crippen LogP contribution in [0.25, 0.3) is 11.0 Å². The summed E-state index contributed by atoms with van der Waals surface area (Å²) in [6, 6.07) is 6.58. The number of nitrogens with one attached hydrogen (secondary N) is 1. The normalized spacial score (nSPS) is 13.3. The van der Waals surface area contributed by atoms with Crippen LogP contribution in [0.2, 0.25) is 0 Å². The minimum absolute atomic E-state index is 0.357. The number of aromatic amines is 1. The van der Waals surface area contributed by atoms with Crippen LogP contribution < -0.4 is 0 Å². The van der Waals surface area contributed by atoms with E-state index in [1.165, 1.54) is 5.52 Å². The van der Waals surface area contributed by atoms with Crippen molar-refractivity contribution in [2.75, 3.05) is 19.6 Å². The van der Waals surface area contributed by atoms with Crippen molar-refractivity contribution in [2.45, 2.75) is 26.8 Å². The molecule has 0 saturated heterocycles. The third-order valence-corrected chi connectivity index (χ3v) is 4.33. The van der Waals surface area contributed by atoms with Crippen LogP contribution in [0.5, 0.6) is 0 Å². The Balaban J connectivity index is 2.41. The molecule has 0 aliphatic carbocycles. The lowest BCUT2D eigenvalue weighted by molar-refractivity contribution is 0.262. The molecule has 0 amide bonds. The summed E-state index contributed by atoms with van der Waals surface area (Å²) >= 11 is 9.00. The Labute approximate surface area is 127 Å². The van der Waals surface area contributed by atoms with E-state index in [1.54, 1.807) is 0 Å². The second-order valence-corrected chi connectivity index (χ2v) is 6.10. The lowest BCUT2D eigenvalue weighted by Crippen LogP contribution is -2.29. The molecule has 104 valence electrons. The van der Waals surface area contributed by atoms with Gasteiger partial charge in [0.25, 0.3) is 0 Å². The number of benzene rings is 1. The summed E-state index contributed by atoms with van der Waals surface area (Å²) in [6.07, 6.45) is 0. The second-order valence-electron chi connectivity index (χ2n) is 4.80. The van der Waals surface area contributed by atoms with Gasteiger partial charge >= 0.3 is 0 Å². The maximum atomic E-state index is 5.47. The van der Waals surface area contributed by atoms with Crippen molar-refractivity contribution in [3.63, 3.8) is 0 Å². The largest absolute Gasteiger partial charge is 0.331 e. The number of fused-ring (bicyclic) bond motifs is 1. The molecule has 1 aromatic heterocycles. The highest BCUT2D eigenvalue weighted by Gasteiger charge is 2.13. The van der Waals surface area contributed by atoms with Gasteiger partial charge in [0.2, 0.25) is 0 Å². The highest BCUT2D eigenvalue weighted by Crippen LogP contribution is 2.23. The SMILES string of the molecule is CCN(CC)CC(C)n1c(=S)[nH]c2ccc(Br)cc21. The first-order valence-corrected chi connectivity index (χ1v) is 7.89. The number of imidazole rings is 1. The molecule has 1 N–H and O–H groups in total. The van der Waals surface area contributed by atoms with E-state index in [9.17, 15) is 0 Å². The summed E-state index contributed by atoms with van der Waals surface area (Å²) < 4.78 is 4.10. The smallest absolute Gasteiger partial charge is 0.178 e. The molecule has 2 aromatic rings. The Morgan fingerprint density at radius 1 is 1.37 bits per heavy atom. The van der Waals surface area contributed by atoms with Gasteiger partial charge in [-0.25, -0.2) is 0 Å². The molecule has 0 aliphatic rings. The molecule has 0 radical (unpaired) electrons. The van der Waals surface area contributed by atoms with Crippen LogP contribution in [-0.4, -0.2) is 34.1 Å². The number of nitrogens with zero attached hydrogens (tertiary/aromatic N) is 2. The number of hydrogen-bond donors (Lipinski definition) is 1. The highest BCUT2D eigenvalue weighted by atomic mass is 79.9. The van der Waals surface area contributed by atoms with E-state index in [1.807, 2.05) is 6.07 Å². The van der Waals surface area contributed by atoms with E-state index >= 15 is 0 Å². The molecule has 1 aromatic carbocycles. The molecule has 3 nitrogen and oxygen atoms in total. The van der Waals surface area contributed by atoms with Crippen LogP contribution in [-0.2, 0) is 0 Å². The van der Waals surface area contributed by atoms with Crippen molar-refractivity contribution in [3.8, 4) is 0 Å². The molecule has 0 saturated carbocycles. The van der Waals surface area contributed by atoms with Crippen LogP contribution in [0.1, 0.15) is 26.8 Å². The van der Waals surface area contributed by atoms with Gasteiger partial charge in [-0.15, -0.1) is 0 Å². The number of aromatic nitrogens is 2. The molecular weight excluding hydrogens is 322 g/mol. The fourth-order valence-electron chi connectivity index (χ4n) is 2.47. The van der Waals surface area contributed by atoms with Gasteiger partial charge in [-0.3, -0.25) is 0 Å². The predicted octanol–water partition coefficient (Wildman–Crippen LogP) is 4.36. The van der Waals surface area contributed by atoms with E-state index in [2.05, 4.69) is 63.3 Å². The van der Waals surface area contributed by atoms with Gasteiger partial charge in [-0.2, -0.15) is 0 Å². The van der Waals surface area contributed by atoms with Gasteiger partial charge in [0, 0.05) is 17.1 Å². The average Bonchev–Trinajstić information content (AvgIpc) is 2.71. The molecule has 0 fully saturated rings. The number of rotatable bonds is 5. The molecular formula is C14H20BrN3S. The molecule has 0 bridgehead atoms. The Hall–Kier alpha value is -0.650. The zero-order valence-electron chi connectivity index (χ0n) is 11.6. The number of likely N-dealkylation sites (N-methyl/N-ethyl adjacent to an activating group) is 1. The molecule has 19 heavy (non-hydrogen) atoms. The monoisotopic (exact) mass is 341 g/mol. The standard InChI is InChI=1S/C14H20BrN3S/c1-4-17(5-2)9-10(3)18-13-8-11(15)6-7-12(13)16-14(18)19/h6-8,10H,4-5,9H2,1-3H3,(H,16,19). The molecule has 5 heteroatoms. The van der Waals surface area contributed by atoms with E-state index in [0.29, 0.717) is 6.04 Å². The highest BCUT2D eigenvalue weighted by molar-refractivity contribution is 9.10. The van der Waals surface area contributed by atoms with Crippen LogP contribution in [0.4, 0.5) is 0 Å². The number of halogens is 1. The first-order valence-electron chi connectivity index (χ1n) is 6.69. The third-order valence-electron chi connectivity index (χ3n) is 3.54. The molecule has 1 atom stereocenters. The maximum absolute atomic E-state index is 5.47. The maximum Gasteiger partial charge on any atom is 0.178 e. The van der Waals surface area contributed by atoms with Crippen molar-refractivity contribution in [1.82, 2.24) is 14.5 Å². The Bertz CT molecular complexity index is 613. The minimum atomic E-state index is 0.357. The fourth-order valence-corrected chi connectivity index (χ4v) is 3.21. The summed E-state index contributed by atoms with van der Waals surface area (Å²) in [5.74, 6) is 0. The quantitative estimate of drug-likeness (QED) is 0.816. The molecule has 0 spiro atoms. The molecule has 1 heterocycles. The average molecular weight is 342 g/mol. The van der Waals surface area contributed by atoms with E-state index < -0.39 is 0 Å². The van der Waals surface area contributed by atoms with Gasteiger partial charge < -0.3 is 14.5 Å². The lowest BCUT2D eigenvalue weighted by Gasteiger charge is -2.24. The van der Waals surface area contributed by atoms with E-state index in [4.69, 9.17) is 12.2 Å². The van der Waals surface area contributed by atoms with Gasteiger partial charge in [0.1, 0.15) is 0 Å². The third kappa shape index (κ3) is 3.09. The predicted molar refractivity (Wildman–Crippen MR) is 87.3 cm³/mol. The molecule has 1 unspecified atom stereocenters. The number of hydrogen-bond acceptors (Lipinski definition) is 2. The van der Waals surface area contributed by atoms with Gasteiger partial charge in [0.05, 0.1) is 11.0 Å². The zero-order valence-corrected chi connectivity index (χ0v) is 14.0. The van der Waals surface area contributed by atoms with E-state index in [0.717, 1.165) is 34.4 Å². The van der Waals surface area contributed by atoms with Crippen molar-refractivity contribution >= 4 is 39.2 Å². The topological polar surface area (TPSA) is 24.0 Å². The molecule has 0 aliphatic heterocycles. The van der Waals surface area contributed by atoms with Crippen LogP contribution in [0.15, 0.2) is 22.7 Å². The summed E-state index contributed by atoms with van der Waals surface area (Å²) in [6.45, 7) is 9.77. The Kier molecular flexibility index (Phi) is 4.81. The van der Waals surface area contributed by atoms with Gasteiger partial charge in [-0.1, -0.05) is 29.8 Å². The van der Waals surface area contributed by atoms with Crippen molar-refractivity contribution in [2.24, 2.45) is 0 Å². The first-order chi connectivity index (χ1) is 9.06. The second kappa shape index (κ2) is 6.20. The van der Waals surface area contributed by atoms with Crippen molar-refractivity contribution in [1.29, 1.82) is 0 Å². The lowest BCUT2D eigenvalue weighted by atomic mass is 10.2. The van der Waals surface area contributed by atoms with Crippen LogP contribution in [0.3, 0.4) is 0 Å². The Morgan fingerprint density at radius 2 is 2.05 bits per heavy atom. The number of H-pyrrole nitrogens is 1. The van der Waals surface area contributed by atoms with E-state index in [-0.39, 0.29) is 0 Å². The van der Waals surface area contributed by atoms with Crippen molar-refractivity contribution < 1.29 is 0 Å². The molecule has 2 rings (SSSR count). The summed E-state index contributed by atoms with van der Waals surface area (Å²) in [5, 5.41) is 0. The summed E-state index contributed by atoms with van der Waals surface area (Å²) in [5.41, 5.74) is 2.26. The van der Waals surface area contributed by atoms with Crippen LogP contribution >= 0.6 is 28.1 Å². The first kappa shape index (κ1) is 14.8. The van der Waals surface area contributed by atoms with Crippen LogP contribution in [0, 0.1) is 4.77 Å². The van der Waals surface area contributed by atoms with Crippen molar-refractivity contribution in [3.05, 3.63) is 27.4 Å². The van der Waals surface area contributed by atoms with Gasteiger partial charge in [0.15, 0.2) is 4.77 Å².